The number of hydrogen-bond acceptors (Lipinski definition) is 3. The van der Waals surface area contributed by atoms with Crippen molar-refractivity contribution in [2.75, 3.05) is 7.11 Å². The summed E-state index contributed by atoms with van der Waals surface area (Å²) in [6, 6.07) is 5.03. The molecule has 0 unspecified atom stereocenters. The molecule has 0 aromatic heterocycles. The van der Waals surface area contributed by atoms with E-state index in [2.05, 4.69) is 4.74 Å². The molecule has 0 fully saturated rings. The van der Waals surface area contributed by atoms with Gasteiger partial charge in [0.15, 0.2) is 0 Å². The smallest absolute Gasteiger partial charge is 0.305 e. The van der Waals surface area contributed by atoms with Gasteiger partial charge in [-0.1, -0.05) is 17.7 Å². The fraction of sp³-hybridized carbons (Fsp3) is 0.273. The van der Waals surface area contributed by atoms with Crippen molar-refractivity contribution in [2.24, 2.45) is 0 Å². The van der Waals surface area contributed by atoms with E-state index in [1.807, 2.05) is 0 Å². The average molecular weight is 227 g/mol. The second kappa shape index (κ2) is 5.51. The van der Waals surface area contributed by atoms with Gasteiger partial charge in [-0.3, -0.25) is 9.59 Å². The largest absolute Gasteiger partial charge is 0.469 e. The lowest BCUT2D eigenvalue weighted by atomic mass is 10.0. The molecule has 15 heavy (non-hydrogen) atoms. The number of methoxy groups -OCH3 is 1. The molecule has 0 saturated heterocycles. The van der Waals surface area contributed by atoms with Gasteiger partial charge in [0.25, 0.3) is 0 Å². The van der Waals surface area contributed by atoms with E-state index in [1.165, 1.54) is 7.11 Å². The molecule has 1 aromatic rings. The second-order valence-corrected chi connectivity index (χ2v) is 3.47. The van der Waals surface area contributed by atoms with Crippen molar-refractivity contribution in [3.63, 3.8) is 0 Å². The standard InChI is InChI=1S/C11H11ClO3/c1-15-11(14)5-3-8-2-4-10(12)6-9(8)7-13/h2,4,6-7H,3,5H2,1H3. The third-order valence-corrected chi connectivity index (χ3v) is 2.30. The Morgan fingerprint density at radius 1 is 1.53 bits per heavy atom. The Kier molecular flexibility index (Phi) is 4.31. The fourth-order valence-corrected chi connectivity index (χ4v) is 1.42. The number of rotatable bonds is 4. The molecule has 1 rings (SSSR count). The summed E-state index contributed by atoms with van der Waals surface area (Å²) in [4.78, 5) is 21.6. The van der Waals surface area contributed by atoms with E-state index in [0.29, 0.717) is 17.0 Å². The Labute approximate surface area is 93.0 Å². The third-order valence-electron chi connectivity index (χ3n) is 2.06. The highest BCUT2D eigenvalue weighted by atomic mass is 35.5. The topological polar surface area (TPSA) is 43.4 Å². The molecule has 0 amide bonds. The van der Waals surface area contributed by atoms with Crippen LogP contribution in [0.4, 0.5) is 0 Å². The summed E-state index contributed by atoms with van der Waals surface area (Å²) in [5.41, 5.74) is 1.33. The van der Waals surface area contributed by atoms with Crippen LogP contribution in [0.3, 0.4) is 0 Å². The Hall–Kier alpha value is -1.35. The molecule has 0 aliphatic heterocycles. The van der Waals surface area contributed by atoms with E-state index in [0.717, 1.165) is 11.8 Å². The minimum atomic E-state index is -0.290. The molecule has 0 radical (unpaired) electrons. The van der Waals surface area contributed by atoms with Crippen molar-refractivity contribution in [1.29, 1.82) is 0 Å². The van der Waals surface area contributed by atoms with Gasteiger partial charge in [-0.05, 0) is 24.1 Å². The zero-order chi connectivity index (χ0) is 11.3. The van der Waals surface area contributed by atoms with Crippen molar-refractivity contribution < 1.29 is 14.3 Å². The maximum atomic E-state index is 10.9. The first-order chi connectivity index (χ1) is 7.17. The lowest BCUT2D eigenvalue weighted by molar-refractivity contribution is -0.140. The number of carbonyl (C=O) groups is 2. The highest BCUT2D eigenvalue weighted by Crippen LogP contribution is 2.16. The summed E-state index contributed by atoms with van der Waals surface area (Å²) in [5.74, 6) is -0.290. The first kappa shape index (κ1) is 11.7. The van der Waals surface area contributed by atoms with Gasteiger partial charge in [-0.15, -0.1) is 0 Å². The predicted octanol–water partition coefficient (Wildman–Crippen LogP) is 2.26. The van der Waals surface area contributed by atoms with Gasteiger partial charge in [0.05, 0.1) is 7.11 Å². The van der Waals surface area contributed by atoms with Crippen LogP contribution in [0.1, 0.15) is 22.3 Å². The van der Waals surface area contributed by atoms with Gasteiger partial charge in [-0.2, -0.15) is 0 Å². The van der Waals surface area contributed by atoms with E-state index in [1.54, 1.807) is 18.2 Å². The number of carbonyl (C=O) groups excluding carboxylic acids is 2. The molecule has 0 saturated carbocycles. The average Bonchev–Trinajstić information content (AvgIpc) is 2.26. The predicted molar refractivity (Wildman–Crippen MR) is 57.2 cm³/mol. The molecule has 80 valence electrons. The van der Waals surface area contributed by atoms with E-state index in [4.69, 9.17) is 11.6 Å². The van der Waals surface area contributed by atoms with Crippen molar-refractivity contribution in [2.45, 2.75) is 12.8 Å². The van der Waals surface area contributed by atoms with Crippen LogP contribution in [0.15, 0.2) is 18.2 Å². The van der Waals surface area contributed by atoms with E-state index < -0.39 is 0 Å². The molecule has 0 heterocycles. The monoisotopic (exact) mass is 226 g/mol. The number of ether oxygens (including phenoxy) is 1. The lowest BCUT2D eigenvalue weighted by Crippen LogP contribution is -2.03. The number of halogens is 1. The molecule has 1 aromatic carbocycles. The van der Waals surface area contributed by atoms with Crippen LogP contribution in [-0.2, 0) is 16.0 Å². The Bertz CT molecular complexity index is 374. The van der Waals surface area contributed by atoms with Crippen LogP contribution in [0.25, 0.3) is 0 Å². The zero-order valence-electron chi connectivity index (χ0n) is 8.33. The summed E-state index contributed by atoms with van der Waals surface area (Å²) >= 11 is 5.74. The highest BCUT2D eigenvalue weighted by Gasteiger charge is 2.06. The molecule has 0 aliphatic carbocycles. The Morgan fingerprint density at radius 2 is 2.27 bits per heavy atom. The van der Waals surface area contributed by atoms with Gasteiger partial charge in [-0.25, -0.2) is 0 Å². The van der Waals surface area contributed by atoms with E-state index >= 15 is 0 Å². The minimum absolute atomic E-state index is 0.263. The molecule has 0 bridgehead atoms. The van der Waals surface area contributed by atoms with Crippen molar-refractivity contribution in [3.05, 3.63) is 34.3 Å². The Balaban J connectivity index is 2.76. The van der Waals surface area contributed by atoms with Crippen LogP contribution in [0.2, 0.25) is 5.02 Å². The van der Waals surface area contributed by atoms with Gasteiger partial charge < -0.3 is 4.74 Å². The molecular weight excluding hydrogens is 216 g/mol. The number of hydrogen-bond donors (Lipinski definition) is 0. The summed E-state index contributed by atoms with van der Waals surface area (Å²) in [6.45, 7) is 0. The van der Waals surface area contributed by atoms with Gasteiger partial charge >= 0.3 is 5.97 Å². The summed E-state index contributed by atoms with van der Waals surface area (Å²) in [7, 11) is 1.34. The third kappa shape index (κ3) is 3.36. The number of esters is 1. The van der Waals surface area contributed by atoms with E-state index in [-0.39, 0.29) is 12.4 Å². The van der Waals surface area contributed by atoms with Gasteiger partial charge in [0.1, 0.15) is 6.29 Å². The molecule has 3 nitrogen and oxygen atoms in total. The number of benzene rings is 1. The van der Waals surface area contributed by atoms with Crippen LogP contribution in [-0.4, -0.2) is 19.4 Å². The molecule has 0 atom stereocenters. The first-order valence-corrected chi connectivity index (χ1v) is 4.85. The first-order valence-electron chi connectivity index (χ1n) is 4.47. The summed E-state index contributed by atoms with van der Waals surface area (Å²) in [6.07, 6.45) is 1.48. The van der Waals surface area contributed by atoms with E-state index in [9.17, 15) is 9.59 Å². The second-order valence-electron chi connectivity index (χ2n) is 3.04. The van der Waals surface area contributed by atoms with Crippen molar-refractivity contribution >= 4 is 23.9 Å². The van der Waals surface area contributed by atoms with Gasteiger partial charge in [0.2, 0.25) is 0 Å². The Morgan fingerprint density at radius 3 is 2.87 bits per heavy atom. The lowest BCUT2D eigenvalue weighted by Gasteiger charge is -2.04. The van der Waals surface area contributed by atoms with Crippen LogP contribution < -0.4 is 0 Å². The summed E-state index contributed by atoms with van der Waals surface area (Å²) < 4.78 is 4.52. The van der Waals surface area contributed by atoms with Crippen LogP contribution in [0.5, 0.6) is 0 Å². The molecule has 0 aliphatic rings. The highest BCUT2D eigenvalue weighted by molar-refractivity contribution is 6.30. The van der Waals surface area contributed by atoms with Gasteiger partial charge in [0, 0.05) is 17.0 Å². The molecule has 0 N–H and O–H groups in total. The molecule has 4 heteroatoms. The number of aryl methyl sites for hydroxylation is 1. The van der Waals surface area contributed by atoms with Crippen LogP contribution in [0, 0.1) is 0 Å². The zero-order valence-corrected chi connectivity index (χ0v) is 9.08. The normalized spacial score (nSPS) is 9.73. The fourth-order valence-electron chi connectivity index (χ4n) is 1.24. The number of aldehydes is 1. The van der Waals surface area contributed by atoms with Crippen LogP contribution >= 0.6 is 11.6 Å². The van der Waals surface area contributed by atoms with Crippen molar-refractivity contribution in [1.82, 2.24) is 0 Å². The SMILES string of the molecule is COC(=O)CCc1ccc(Cl)cc1C=O. The minimum Gasteiger partial charge on any atom is -0.469 e. The maximum Gasteiger partial charge on any atom is 0.305 e. The quantitative estimate of drug-likeness (QED) is 0.584. The summed E-state index contributed by atoms with van der Waals surface area (Å²) in [5, 5.41) is 0.513. The maximum absolute atomic E-state index is 10.9. The molecule has 0 spiro atoms. The van der Waals surface area contributed by atoms with Crippen molar-refractivity contribution in [3.8, 4) is 0 Å². The molecular formula is C11H11ClO3.